The lowest BCUT2D eigenvalue weighted by Crippen LogP contribution is -2.41. The van der Waals surface area contributed by atoms with Gasteiger partial charge in [0.15, 0.2) is 0 Å². The number of hydrogen-bond acceptors (Lipinski definition) is 2. The van der Waals surface area contributed by atoms with Crippen molar-refractivity contribution < 1.29 is 0 Å². The summed E-state index contributed by atoms with van der Waals surface area (Å²) in [6, 6.07) is 0. The first-order valence-electron chi connectivity index (χ1n) is 2.56. The second kappa shape index (κ2) is 3.02. The molecule has 0 rings (SSSR count). The van der Waals surface area contributed by atoms with Crippen LogP contribution in [0.2, 0.25) is 0 Å². The summed E-state index contributed by atoms with van der Waals surface area (Å²) in [7, 11) is 7.30. The van der Waals surface area contributed by atoms with E-state index < -0.39 is 6.29 Å². The predicted octanol–water partition coefficient (Wildman–Crippen LogP) is -0.538. The fourth-order valence-electron chi connectivity index (χ4n) is 0.462. The van der Waals surface area contributed by atoms with E-state index in [0.717, 1.165) is 0 Å². The lowest BCUT2D eigenvalue weighted by molar-refractivity contribution is 0.128. The minimum Gasteiger partial charge on any atom is -0.279 e. The van der Waals surface area contributed by atoms with Gasteiger partial charge in [-0.1, -0.05) is 0 Å². The molecule has 3 heteroatoms. The van der Waals surface area contributed by atoms with Crippen LogP contribution in [0, 0.1) is 0 Å². The van der Waals surface area contributed by atoms with Crippen molar-refractivity contribution in [1.29, 1.82) is 0 Å². The molecule has 0 aliphatic carbocycles. The van der Waals surface area contributed by atoms with E-state index in [4.69, 9.17) is 5.73 Å². The highest BCUT2D eigenvalue weighted by atomic mass is 15.4. The van der Waals surface area contributed by atoms with Gasteiger partial charge in [-0.2, -0.15) is 0 Å². The maximum atomic E-state index is 9.06. The molecule has 0 aromatic carbocycles. The van der Waals surface area contributed by atoms with Crippen molar-refractivity contribution in [3.8, 4) is 0 Å². The Morgan fingerprint density at radius 1 is 1.00 bits per heavy atom. The van der Waals surface area contributed by atoms with Gasteiger partial charge in [0.1, 0.15) is 6.29 Å². The van der Waals surface area contributed by atoms with Gasteiger partial charge in [0.05, 0.1) is 0 Å². The van der Waals surface area contributed by atoms with Gasteiger partial charge in [0.2, 0.25) is 0 Å². The number of hydrogen-bond donors (Lipinski definition) is 0. The molecular formula is C5H13N3. The number of rotatable bonds is 2. The topological polar surface area (TPSA) is 28.8 Å². The van der Waals surface area contributed by atoms with Crippen LogP contribution in [0.1, 0.15) is 0 Å². The quantitative estimate of drug-likeness (QED) is 0.452. The predicted molar refractivity (Wildman–Crippen MR) is 33.3 cm³/mol. The first kappa shape index (κ1) is 7.88. The highest BCUT2D eigenvalue weighted by molar-refractivity contribution is 4.49. The molecule has 8 heavy (non-hydrogen) atoms. The van der Waals surface area contributed by atoms with E-state index in [2.05, 4.69) is 0 Å². The van der Waals surface area contributed by atoms with E-state index in [1.807, 2.05) is 28.2 Å². The Hall–Kier alpha value is -0.120. The Labute approximate surface area is 51.1 Å². The Kier molecular flexibility index (Phi) is 2.97. The average molecular weight is 115 g/mol. The van der Waals surface area contributed by atoms with Crippen molar-refractivity contribution in [3.63, 3.8) is 0 Å². The minimum absolute atomic E-state index is 0.463. The van der Waals surface area contributed by atoms with Crippen LogP contribution < -0.4 is 5.73 Å². The van der Waals surface area contributed by atoms with Crippen molar-refractivity contribution in [3.05, 3.63) is 0 Å². The molecule has 0 saturated carbocycles. The second-order valence-electron chi connectivity index (χ2n) is 2.27. The smallest absolute Gasteiger partial charge is 0.149 e. The van der Waals surface area contributed by atoms with Crippen LogP contribution in [-0.2, 0) is 0 Å². The summed E-state index contributed by atoms with van der Waals surface area (Å²) in [6.45, 7) is 0. The molecule has 0 saturated heterocycles. The van der Waals surface area contributed by atoms with Crippen LogP contribution in [0.15, 0.2) is 0 Å². The molecule has 0 aromatic heterocycles. The van der Waals surface area contributed by atoms with Crippen LogP contribution in [0.25, 0.3) is 0 Å². The van der Waals surface area contributed by atoms with E-state index >= 15 is 0 Å². The fourth-order valence-corrected chi connectivity index (χ4v) is 0.462. The van der Waals surface area contributed by atoms with Gasteiger partial charge in [-0.25, -0.2) is 0 Å². The highest BCUT2D eigenvalue weighted by Gasteiger charge is 2.07. The summed E-state index contributed by atoms with van der Waals surface area (Å²) in [4.78, 5) is 3.44. The molecule has 0 heterocycles. The van der Waals surface area contributed by atoms with E-state index in [-0.39, 0.29) is 0 Å². The Bertz CT molecular complexity index is 52.7. The van der Waals surface area contributed by atoms with E-state index in [1.54, 1.807) is 9.80 Å². The molecule has 0 aliphatic rings. The summed E-state index contributed by atoms with van der Waals surface area (Å²) < 4.78 is 0. The van der Waals surface area contributed by atoms with Crippen molar-refractivity contribution in [2.45, 2.75) is 6.29 Å². The summed E-state index contributed by atoms with van der Waals surface area (Å²) in [5.41, 5.74) is 9.06. The summed E-state index contributed by atoms with van der Waals surface area (Å²) in [5, 5.41) is 0. The Balaban J connectivity index is 3.46. The van der Waals surface area contributed by atoms with Crippen LogP contribution in [0.3, 0.4) is 0 Å². The monoisotopic (exact) mass is 115 g/mol. The van der Waals surface area contributed by atoms with Crippen LogP contribution in [0.5, 0.6) is 0 Å². The minimum atomic E-state index is -0.463. The zero-order valence-corrected chi connectivity index (χ0v) is 5.92. The molecule has 0 unspecified atom stereocenters. The Morgan fingerprint density at radius 3 is 1.25 bits per heavy atom. The number of nitrogens with zero attached hydrogens (tertiary/aromatic N) is 3. The largest absolute Gasteiger partial charge is 0.279 e. The zero-order valence-electron chi connectivity index (χ0n) is 5.92. The van der Waals surface area contributed by atoms with Crippen LogP contribution in [-0.4, -0.2) is 44.3 Å². The summed E-state index contributed by atoms with van der Waals surface area (Å²) in [6.07, 6.45) is -0.463. The molecule has 48 valence electrons. The second-order valence-corrected chi connectivity index (χ2v) is 2.27. The molecule has 0 atom stereocenters. The third-order valence-corrected chi connectivity index (χ3v) is 0.924. The fraction of sp³-hybridized carbons (Fsp3) is 1.00. The van der Waals surface area contributed by atoms with Crippen LogP contribution >= 0.6 is 0 Å². The van der Waals surface area contributed by atoms with Crippen molar-refractivity contribution >= 4 is 0 Å². The van der Waals surface area contributed by atoms with Crippen molar-refractivity contribution in [2.24, 2.45) is 0 Å². The van der Waals surface area contributed by atoms with Gasteiger partial charge in [0.25, 0.3) is 0 Å². The van der Waals surface area contributed by atoms with Gasteiger partial charge in [-0.3, -0.25) is 9.80 Å². The molecule has 2 radical (unpaired) electrons. The van der Waals surface area contributed by atoms with E-state index in [9.17, 15) is 0 Å². The van der Waals surface area contributed by atoms with Crippen molar-refractivity contribution in [1.82, 2.24) is 15.5 Å². The van der Waals surface area contributed by atoms with Gasteiger partial charge in [0, 0.05) is 0 Å². The molecule has 0 spiro atoms. The highest BCUT2D eigenvalue weighted by Crippen LogP contribution is 1.87. The maximum Gasteiger partial charge on any atom is 0.149 e. The molecule has 0 amide bonds. The third-order valence-electron chi connectivity index (χ3n) is 0.924. The molecular weight excluding hydrogens is 102 g/mol. The molecule has 0 aliphatic heterocycles. The van der Waals surface area contributed by atoms with Gasteiger partial charge >= 0.3 is 0 Å². The summed E-state index contributed by atoms with van der Waals surface area (Å²) in [5.74, 6) is 0. The van der Waals surface area contributed by atoms with E-state index in [1.165, 1.54) is 0 Å². The first-order valence-corrected chi connectivity index (χ1v) is 2.56. The summed E-state index contributed by atoms with van der Waals surface area (Å²) >= 11 is 0. The SMILES string of the molecule is CN(C)C([N])N(C)C. The standard InChI is InChI=1S/C5H13N3/c1-7(2)5(6)8(3)4/h5H,1-4H3. The van der Waals surface area contributed by atoms with Gasteiger partial charge in [-0.15, -0.1) is 5.73 Å². The molecule has 0 N–H and O–H groups in total. The lowest BCUT2D eigenvalue weighted by atomic mass is 10.7. The van der Waals surface area contributed by atoms with E-state index in [0.29, 0.717) is 0 Å². The molecule has 3 nitrogen and oxygen atoms in total. The average Bonchev–Trinajstić information content (AvgIpc) is 1.64. The van der Waals surface area contributed by atoms with Gasteiger partial charge < -0.3 is 0 Å². The first-order chi connectivity index (χ1) is 3.55. The Morgan fingerprint density at radius 2 is 1.25 bits per heavy atom. The third kappa shape index (κ3) is 2.26. The van der Waals surface area contributed by atoms with Crippen molar-refractivity contribution in [2.75, 3.05) is 28.2 Å². The molecule has 0 bridgehead atoms. The lowest BCUT2D eigenvalue weighted by Gasteiger charge is -2.23. The maximum absolute atomic E-state index is 9.06. The normalized spacial score (nSPS) is 12.0. The van der Waals surface area contributed by atoms with Gasteiger partial charge in [-0.05, 0) is 28.2 Å². The molecule has 0 aromatic rings. The zero-order chi connectivity index (χ0) is 6.73. The molecule has 0 fully saturated rings. The van der Waals surface area contributed by atoms with Crippen LogP contribution in [0.4, 0.5) is 0 Å².